The van der Waals surface area contributed by atoms with Gasteiger partial charge < -0.3 is 9.26 Å². The number of halogens is 3. The van der Waals surface area contributed by atoms with Crippen molar-refractivity contribution in [1.29, 1.82) is 0 Å². The molecule has 0 bridgehead atoms. The Morgan fingerprint density at radius 2 is 1.95 bits per heavy atom. The number of benzene rings is 1. The van der Waals surface area contributed by atoms with Crippen molar-refractivity contribution in [2.24, 2.45) is 0 Å². The molecule has 0 radical (unpaired) electrons. The molecule has 0 saturated carbocycles. The summed E-state index contributed by atoms with van der Waals surface area (Å²) in [6, 6.07) is 4.83. The normalized spacial score (nSPS) is 11.4. The largest absolute Gasteiger partial charge is 0.465 e. The second-order valence-electron chi connectivity index (χ2n) is 4.00. The van der Waals surface area contributed by atoms with Gasteiger partial charge in [0.15, 0.2) is 0 Å². The van der Waals surface area contributed by atoms with Gasteiger partial charge in [-0.1, -0.05) is 23.4 Å². The molecular weight excluding hydrogens is 275 g/mol. The van der Waals surface area contributed by atoms with E-state index in [-0.39, 0.29) is 22.6 Å². The quantitative estimate of drug-likeness (QED) is 0.793. The standard InChI is InChI=1S/C13H10F3NO3/c1-7-10(12(18)19-2)11(17-20-7)8-5-3-4-6-9(8)13(14,15)16/h3-6H,1-2H3. The number of carbonyl (C=O) groups is 1. The Bertz CT molecular complexity index is 647. The number of nitrogens with zero attached hydrogens (tertiary/aromatic N) is 1. The van der Waals surface area contributed by atoms with E-state index in [0.29, 0.717) is 0 Å². The number of aryl methyl sites for hydroxylation is 1. The number of ether oxygens (including phenoxy) is 1. The summed E-state index contributed by atoms with van der Waals surface area (Å²) in [4.78, 5) is 11.6. The molecule has 0 saturated heterocycles. The van der Waals surface area contributed by atoms with Gasteiger partial charge >= 0.3 is 12.1 Å². The predicted molar refractivity (Wildman–Crippen MR) is 63.0 cm³/mol. The van der Waals surface area contributed by atoms with Crippen LogP contribution in [0, 0.1) is 6.92 Å². The highest BCUT2D eigenvalue weighted by Gasteiger charge is 2.35. The van der Waals surface area contributed by atoms with Crippen LogP contribution >= 0.6 is 0 Å². The first kappa shape index (κ1) is 14.1. The molecule has 0 aliphatic rings. The molecule has 2 aromatic rings. The molecule has 1 aromatic heterocycles. The Labute approximate surface area is 112 Å². The van der Waals surface area contributed by atoms with E-state index in [1.807, 2.05) is 0 Å². The Balaban J connectivity index is 2.68. The van der Waals surface area contributed by atoms with E-state index >= 15 is 0 Å². The predicted octanol–water partition coefficient (Wildman–Crippen LogP) is 3.46. The van der Waals surface area contributed by atoms with Crippen LogP contribution in [-0.2, 0) is 10.9 Å². The van der Waals surface area contributed by atoms with E-state index in [2.05, 4.69) is 9.89 Å². The summed E-state index contributed by atoms with van der Waals surface area (Å²) in [6.07, 6.45) is -4.56. The van der Waals surface area contributed by atoms with Crippen LogP contribution in [0.3, 0.4) is 0 Å². The highest BCUT2D eigenvalue weighted by Crippen LogP contribution is 2.38. The van der Waals surface area contributed by atoms with Gasteiger partial charge in [0.1, 0.15) is 17.0 Å². The lowest BCUT2D eigenvalue weighted by Gasteiger charge is -2.11. The zero-order chi connectivity index (χ0) is 14.9. The molecule has 0 spiro atoms. The maximum Gasteiger partial charge on any atom is 0.417 e. The summed E-state index contributed by atoms with van der Waals surface area (Å²) in [7, 11) is 1.13. The van der Waals surface area contributed by atoms with Crippen LogP contribution in [-0.4, -0.2) is 18.2 Å². The molecule has 7 heteroatoms. The SMILES string of the molecule is COC(=O)c1c(-c2ccccc2C(F)(F)F)noc1C. The van der Waals surface area contributed by atoms with Crippen LogP contribution in [0.25, 0.3) is 11.3 Å². The van der Waals surface area contributed by atoms with Crippen molar-refractivity contribution in [2.75, 3.05) is 7.11 Å². The highest BCUT2D eigenvalue weighted by atomic mass is 19.4. The summed E-state index contributed by atoms with van der Waals surface area (Å²) in [5.74, 6) is -0.695. The number of aromatic nitrogens is 1. The third-order valence-electron chi connectivity index (χ3n) is 2.74. The Hall–Kier alpha value is -2.31. The fraction of sp³-hybridized carbons (Fsp3) is 0.231. The van der Waals surface area contributed by atoms with Gasteiger partial charge in [0, 0.05) is 5.56 Å². The van der Waals surface area contributed by atoms with Gasteiger partial charge in [-0.05, 0) is 13.0 Å². The van der Waals surface area contributed by atoms with Crippen LogP contribution in [0.4, 0.5) is 13.2 Å². The van der Waals surface area contributed by atoms with Gasteiger partial charge in [-0.15, -0.1) is 0 Å². The molecule has 0 unspecified atom stereocenters. The van der Waals surface area contributed by atoms with E-state index in [4.69, 9.17) is 4.52 Å². The van der Waals surface area contributed by atoms with Crippen molar-refractivity contribution >= 4 is 5.97 Å². The molecule has 0 N–H and O–H groups in total. The highest BCUT2D eigenvalue weighted by molar-refractivity contribution is 5.97. The maximum atomic E-state index is 13.0. The van der Waals surface area contributed by atoms with Crippen LogP contribution in [0.15, 0.2) is 28.8 Å². The molecule has 20 heavy (non-hydrogen) atoms. The van der Waals surface area contributed by atoms with Crippen LogP contribution in [0.1, 0.15) is 21.7 Å². The number of rotatable bonds is 2. The fourth-order valence-corrected chi connectivity index (χ4v) is 1.84. The Morgan fingerprint density at radius 1 is 1.30 bits per heavy atom. The number of alkyl halides is 3. The van der Waals surface area contributed by atoms with Crippen molar-refractivity contribution in [2.45, 2.75) is 13.1 Å². The zero-order valence-electron chi connectivity index (χ0n) is 10.6. The molecule has 106 valence electrons. The second kappa shape index (κ2) is 4.99. The minimum absolute atomic E-state index is 0.101. The van der Waals surface area contributed by atoms with Crippen molar-refractivity contribution in [3.05, 3.63) is 41.2 Å². The minimum Gasteiger partial charge on any atom is -0.465 e. The summed E-state index contributed by atoms with van der Waals surface area (Å²) in [5, 5.41) is 3.55. The molecule has 0 atom stereocenters. The van der Waals surface area contributed by atoms with Crippen molar-refractivity contribution in [1.82, 2.24) is 5.16 Å². The van der Waals surface area contributed by atoms with Crippen molar-refractivity contribution in [3.8, 4) is 11.3 Å². The van der Waals surface area contributed by atoms with Gasteiger partial charge in [0.2, 0.25) is 0 Å². The number of hydrogen-bond donors (Lipinski definition) is 0. The van der Waals surface area contributed by atoms with E-state index in [1.165, 1.54) is 25.1 Å². The fourth-order valence-electron chi connectivity index (χ4n) is 1.84. The molecule has 2 rings (SSSR count). The van der Waals surface area contributed by atoms with Crippen LogP contribution in [0.2, 0.25) is 0 Å². The van der Waals surface area contributed by atoms with E-state index in [0.717, 1.165) is 13.2 Å². The van der Waals surface area contributed by atoms with E-state index in [1.54, 1.807) is 0 Å². The van der Waals surface area contributed by atoms with Crippen LogP contribution < -0.4 is 0 Å². The number of hydrogen-bond acceptors (Lipinski definition) is 4. The Kier molecular flexibility index (Phi) is 3.52. The third-order valence-corrected chi connectivity index (χ3v) is 2.74. The van der Waals surface area contributed by atoms with Gasteiger partial charge in [-0.25, -0.2) is 4.79 Å². The summed E-state index contributed by atoms with van der Waals surface area (Å²) in [5.41, 5.74) is -1.40. The van der Waals surface area contributed by atoms with E-state index < -0.39 is 17.7 Å². The third kappa shape index (κ3) is 2.38. The molecular formula is C13H10F3NO3. The first-order valence-electron chi connectivity index (χ1n) is 5.57. The average molecular weight is 285 g/mol. The first-order chi connectivity index (χ1) is 9.36. The number of methoxy groups -OCH3 is 1. The maximum absolute atomic E-state index is 13.0. The molecule has 4 nitrogen and oxygen atoms in total. The van der Waals surface area contributed by atoms with Gasteiger partial charge in [0.25, 0.3) is 0 Å². The topological polar surface area (TPSA) is 52.3 Å². The average Bonchev–Trinajstić information content (AvgIpc) is 2.78. The molecule has 0 fully saturated rings. The smallest absolute Gasteiger partial charge is 0.417 e. The zero-order valence-corrected chi connectivity index (χ0v) is 10.6. The second-order valence-corrected chi connectivity index (χ2v) is 4.00. The van der Waals surface area contributed by atoms with Crippen LogP contribution in [0.5, 0.6) is 0 Å². The van der Waals surface area contributed by atoms with Crippen molar-refractivity contribution in [3.63, 3.8) is 0 Å². The minimum atomic E-state index is -4.56. The first-order valence-corrected chi connectivity index (χ1v) is 5.57. The lowest BCUT2D eigenvalue weighted by molar-refractivity contribution is -0.137. The molecule has 0 amide bonds. The Morgan fingerprint density at radius 3 is 2.55 bits per heavy atom. The molecule has 0 aliphatic heterocycles. The lowest BCUT2D eigenvalue weighted by Crippen LogP contribution is -2.09. The molecule has 0 aliphatic carbocycles. The molecule has 1 heterocycles. The van der Waals surface area contributed by atoms with Gasteiger partial charge in [-0.2, -0.15) is 13.2 Å². The van der Waals surface area contributed by atoms with Gasteiger partial charge in [-0.3, -0.25) is 0 Å². The lowest BCUT2D eigenvalue weighted by atomic mass is 10.0. The van der Waals surface area contributed by atoms with E-state index in [9.17, 15) is 18.0 Å². The number of carbonyl (C=O) groups excluding carboxylic acids is 1. The molecule has 1 aromatic carbocycles. The monoisotopic (exact) mass is 285 g/mol. The summed E-state index contributed by atoms with van der Waals surface area (Å²) < 4.78 is 48.3. The van der Waals surface area contributed by atoms with Crippen molar-refractivity contribution < 1.29 is 27.2 Å². The van der Waals surface area contributed by atoms with Gasteiger partial charge in [0.05, 0.1) is 12.7 Å². The summed E-state index contributed by atoms with van der Waals surface area (Å²) >= 11 is 0. The number of esters is 1. The summed E-state index contributed by atoms with van der Waals surface area (Å²) in [6.45, 7) is 1.43.